The molecule has 0 aromatic heterocycles. The Hall–Kier alpha value is -1.75. The minimum atomic E-state index is -0.344. The van der Waals surface area contributed by atoms with E-state index in [4.69, 9.17) is 18.9 Å². The normalized spacial score (nSPS) is 18.6. The zero-order valence-electron chi connectivity index (χ0n) is 26.0. The fourth-order valence-corrected chi connectivity index (χ4v) is 5.48. The highest BCUT2D eigenvalue weighted by Gasteiger charge is 2.35. The topological polar surface area (TPSA) is 54.0 Å². The number of hydrogen-bond donors (Lipinski definition) is 0. The van der Waals surface area contributed by atoms with Crippen molar-refractivity contribution in [3.05, 3.63) is 22.3 Å². The zero-order valence-corrected chi connectivity index (χ0v) is 26.0. The van der Waals surface area contributed by atoms with E-state index in [1.807, 2.05) is 6.92 Å². The summed E-state index contributed by atoms with van der Waals surface area (Å²) in [6.45, 7) is 21.2. The Morgan fingerprint density at radius 2 is 1.55 bits per heavy atom. The first-order valence-corrected chi connectivity index (χ1v) is 15.1. The minimum absolute atomic E-state index is 0.0735. The fraction of sp³-hybridized carbons (Fsp3) is 0.788. The van der Waals surface area contributed by atoms with Crippen LogP contribution in [0, 0.1) is 38.5 Å². The van der Waals surface area contributed by atoms with Crippen LogP contribution in [0.15, 0.2) is 0 Å². The molecule has 0 saturated carbocycles. The molecule has 1 aromatic rings. The highest BCUT2D eigenvalue weighted by Crippen LogP contribution is 2.43. The van der Waals surface area contributed by atoms with E-state index in [1.165, 1.54) is 44.1 Å². The molecule has 1 aliphatic heterocycles. The molecule has 0 fully saturated rings. The Labute approximate surface area is 233 Å². The number of hydrogen-bond acceptors (Lipinski definition) is 5. The molecule has 2 unspecified atom stereocenters. The molecule has 0 saturated heterocycles. The van der Waals surface area contributed by atoms with Crippen LogP contribution in [0.2, 0.25) is 0 Å². The van der Waals surface area contributed by atoms with Gasteiger partial charge < -0.3 is 18.9 Å². The number of benzene rings is 1. The monoisotopic (exact) mass is 532 g/mol. The molecule has 5 heteroatoms. The molecule has 0 spiro atoms. The third kappa shape index (κ3) is 10.1. The van der Waals surface area contributed by atoms with Crippen LogP contribution in [0.4, 0.5) is 0 Å². The first-order valence-electron chi connectivity index (χ1n) is 15.1. The summed E-state index contributed by atoms with van der Waals surface area (Å²) in [4.78, 5) is 11.8. The highest BCUT2D eigenvalue weighted by molar-refractivity contribution is 5.71. The highest BCUT2D eigenvalue weighted by atomic mass is 16.6. The zero-order chi connectivity index (χ0) is 28.3. The first-order chi connectivity index (χ1) is 18.0. The van der Waals surface area contributed by atoms with E-state index in [-0.39, 0.29) is 18.2 Å². The number of rotatable bonds is 17. The maximum absolute atomic E-state index is 11.8. The summed E-state index contributed by atoms with van der Waals surface area (Å²) in [5, 5.41) is 0. The summed E-state index contributed by atoms with van der Waals surface area (Å²) in [5.74, 6) is 3.75. The lowest BCUT2D eigenvalue weighted by Crippen LogP contribution is -2.41. The van der Waals surface area contributed by atoms with Gasteiger partial charge in [-0.15, -0.1) is 0 Å². The number of carbonyl (C=O) groups excluding carboxylic acids is 1. The largest absolute Gasteiger partial charge is 0.485 e. The quantitative estimate of drug-likeness (QED) is 0.149. The molecule has 0 amide bonds. The summed E-state index contributed by atoms with van der Waals surface area (Å²) >= 11 is 0. The Kier molecular flexibility index (Phi) is 13.4. The van der Waals surface area contributed by atoms with E-state index in [0.717, 1.165) is 65.9 Å². The second kappa shape index (κ2) is 15.7. The molecule has 0 N–H and O–H groups in total. The molecule has 1 aliphatic rings. The number of fused-ring (bicyclic) bond motifs is 1. The van der Waals surface area contributed by atoms with E-state index in [2.05, 4.69) is 48.5 Å². The third-order valence-electron chi connectivity index (χ3n) is 8.24. The van der Waals surface area contributed by atoms with Gasteiger partial charge in [0.15, 0.2) is 6.61 Å². The smallest absolute Gasteiger partial charge is 0.344 e. The van der Waals surface area contributed by atoms with Gasteiger partial charge in [0.1, 0.15) is 17.1 Å². The molecule has 5 nitrogen and oxygen atoms in total. The van der Waals surface area contributed by atoms with E-state index in [0.29, 0.717) is 19.1 Å². The van der Waals surface area contributed by atoms with Gasteiger partial charge in [-0.05, 0) is 88.3 Å². The van der Waals surface area contributed by atoms with E-state index >= 15 is 0 Å². The van der Waals surface area contributed by atoms with E-state index in [9.17, 15) is 4.79 Å². The van der Waals surface area contributed by atoms with Crippen molar-refractivity contribution in [2.45, 2.75) is 126 Å². The van der Waals surface area contributed by atoms with Crippen LogP contribution in [0.1, 0.15) is 115 Å². The fourth-order valence-electron chi connectivity index (χ4n) is 5.48. The van der Waals surface area contributed by atoms with Gasteiger partial charge in [-0.2, -0.15) is 0 Å². The van der Waals surface area contributed by atoms with Crippen LogP contribution in [0.5, 0.6) is 11.5 Å². The summed E-state index contributed by atoms with van der Waals surface area (Å²) in [5.41, 5.74) is 3.98. The predicted molar refractivity (Wildman–Crippen MR) is 156 cm³/mol. The summed E-state index contributed by atoms with van der Waals surface area (Å²) in [6, 6.07) is 0. The Bertz CT molecular complexity index is 877. The molecular weight excluding hydrogens is 476 g/mol. The average Bonchev–Trinajstić information content (AvgIpc) is 2.85. The molecule has 0 bridgehead atoms. The average molecular weight is 533 g/mol. The molecule has 0 radical (unpaired) electrons. The van der Waals surface area contributed by atoms with Crippen LogP contribution < -0.4 is 9.47 Å². The van der Waals surface area contributed by atoms with Gasteiger partial charge in [-0.25, -0.2) is 4.79 Å². The minimum Gasteiger partial charge on any atom is -0.485 e. The standard InChI is InChI=1S/C33H56O5/c1-10-36-30(34)21-37-31-26(6)27(7)32-29(28(31)8)17-19-33(9,38-32)22-35-20-18-25(5)16-12-15-24(4)14-11-13-23(2)3/h23-25H,10-22H2,1-9H3/t24?,25?,33-/m1/s1. The van der Waals surface area contributed by atoms with Crippen LogP contribution in [-0.4, -0.2) is 38.0 Å². The van der Waals surface area contributed by atoms with Crippen molar-refractivity contribution < 1.29 is 23.7 Å². The van der Waals surface area contributed by atoms with Crippen LogP contribution in [-0.2, 0) is 20.7 Å². The van der Waals surface area contributed by atoms with Crippen molar-refractivity contribution >= 4 is 5.97 Å². The molecular formula is C33H56O5. The van der Waals surface area contributed by atoms with Crippen molar-refractivity contribution in [2.75, 3.05) is 26.4 Å². The van der Waals surface area contributed by atoms with Gasteiger partial charge in [0.25, 0.3) is 0 Å². The third-order valence-corrected chi connectivity index (χ3v) is 8.24. The molecule has 38 heavy (non-hydrogen) atoms. The lowest BCUT2D eigenvalue weighted by atomic mass is 9.87. The van der Waals surface area contributed by atoms with Crippen LogP contribution in [0.3, 0.4) is 0 Å². The van der Waals surface area contributed by atoms with Gasteiger partial charge in [0, 0.05) is 12.2 Å². The maximum atomic E-state index is 11.8. The second-order valence-electron chi connectivity index (χ2n) is 12.5. The van der Waals surface area contributed by atoms with Crippen LogP contribution >= 0.6 is 0 Å². The number of carbonyl (C=O) groups is 1. The molecule has 218 valence electrons. The molecule has 1 heterocycles. The number of esters is 1. The van der Waals surface area contributed by atoms with Gasteiger partial charge in [-0.1, -0.05) is 66.2 Å². The molecule has 3 atom stereocenters. The van der Waals surface area contributed by atoms with Gasteiger partial charge >= 0.3 is 5.97 Å². The van der Waals surface area contributed by atoms with Gasteiger partial charge in [0.05, 0.1) is 13.2 Å². The molecule has 1 aromatic carbocycles. The lowest BCUT2D eigenvalue weighted by molar-refractivity contribution is -0.145. The summed E-state index contributed by atoms with van der Waals surface area (Å²) in [6.07, 6.45) is 11.0. The van der Waals surface area contributed by atoms with Crippen molar-refractivity contribution in [2.24, 2.45) is 17.8 Å². The van der Waals surface area contributed by atoms with Crippen molar-refractivity contribution in [3.63, 3.8) is 0 Å². The predicted octanol–water partition coefficient (Wildman–Crippen LogP) is 8.31. The van der Waals surface area contributed by atoms with E-state index in [1.54, 1.807) is 6.92 Å². The maximum Gasteiger partial charge on any atom is 0.344 e. The molecule has 2 rings (SSSR count). The van der Waals surface area contributed by atoms with E-state index < -0.39 is 0 Å². The van der Waals surface area contributed by atoms with Crippen molar-refractivity contribution in [1.82, 2.24) is 0 Å². The van der Waals surface area contributed by atoms with Crippen LogP contribution in [0.25, 0.3) is 0 Å². The SMILES string of the molecule is CCOC(=O)COc1c(C)c(C)c2c(c1C)CC[C@](C)(COCCC(C)CCCC(C)CCCC(C)C)O2. The Morgan fingerprint density at radius 1 is 0.921 bits per heavy atom. The number of ether oxygens (including phenoxy) is 4. The van der Waals surface area contributed by atoms with Gasteiger partial charge in [0.2, 0.25) is 0 Å². The summed E-state index contributed by atoms with van der Waals surface area (Å²) < 4.78 is 23.7. The van der Waals surface area contributed by atoms with Crippen molar-refractivity contribution in [1.29, 1.82) is 0 Å². The first kappa shape index (κ1) is 32.5. The summed E-state index contributed by atoms with van der Waals surface area (Å²) in [7, 11) is 0. The Balaban J connectivity index is 1.80. The van der Waals surface area contributed by atoms with Crippen molar-refractivity contribution in [3.8, 4) is 11.5 Å². The lowest BCUT2D eigenvalue weighted by Gasteiger charge is -2.38. The van der Waals surface area contributed by atoms with Gasteiger partial charge in [-0.3, -0.25) is 0 Å². The molecule has 0 aliphatic carbocycles. The Morgan fingerprint density at radius 3 is 2.18 bits per heavy atom. The second-order valence-corrected chi connectivity index (χ2v) is 12.5.